The summed E-state index contributed by atoms with van der Waals surface area (Å²) in [7, 11) is 2.44. The number of ether oxygens (including phenoxy) is 4. The maximum absolute atomic E-state index is 13.1. The Labute approximate surface area is 310 Å². The van der Waals surface area contributed by atoms with E-state index in [-0.39, 0.29) is 13.1 Å². The molecule has 0 radical (unpaired) electrons. The average Bonchev–Trinajstić information content (AvgIpc) is 3.44. The lowest BCUT2D eigenvalue weighted by atomic mass is 10.0. The van der Waals surface area contributed by atoms with Gasteiger partial charge in [0.05, 0.1) is 27.0 Å². The third-order valence-electron chi connectivity index (χ3n) is 6.39. The fraction of sp³-hybridized carbons (Fsp3) is 0.485. The summed E-state index contributed by atoms with van der Waals surface area (Å²) < 4.78 is 22.2. The summed E-state index contributed by atoms with van der Waals surface area (Å²) in [5.74, 6) is -1.16. The van der Waals surface area contributed by atoms with Gasteiger partial charge in [-0.05, 0) is 94.3 Å². The lowest BCUT2D eigenvalue weighted by Gasteiger charge is -2.22. The van der Waals surface area contributed by atoms with E-state index in [0.717, 1.165) is 15.0 Å². The Hall–Kier alpha value is -4.72. The molecular formula is C33H47IN8O9. The minimum Gasteiger partial charge on any atom is -0.468 e. The molecule has 0 saturated heterocycles. The van der Waals surface area contributed by atoms with Crippen molar-refractivity contribution in [2.45, 2.75) is 78.2 Å². The first-order valence-corrected chi connectivity index (χ1v) is 16.9. The number of amides is 3. The second-order valence-electron chi connectivity index (χ2n) is 12.8. The number of fused-ring (bicyclic) bond motifs is 1. The summed E-state index contributed by atoms with van der Waals surface area (Å²) in [6, 6.07) is 3.30. The highest BCUT2D eigenvalue weighted by atomic mass is 127. The molecule has 0 spiro atoms. The minimum atomic E-state index is -1.10. The van der Waals surface area contributed by atoms with Crippen LogP contribution in [-0.2, 0) is 35.0 Å². The predicted molar refractivity (Wildman–Crippen MR) is 197 cm³/mol. The van der Waals surface area contributed by atoms with Crippen LogP contribution in [-0.4, -0.2) is 95.0 Å². The van der Waals surface area contributed by atoms with Crippen LogP contribution >= 0.6 is 22.6 Å². The van der Waals surface area contributed by atoms with E-state index in [0.29, 0.717) is 23.4 Å². The molecular weight excluding hydrogens is 779 g/mol. The second-order valence-corrected chi connectivity index (χ2v) is 14.0. The van der Waals surface area contributed by atoms with Gasteiger partial charge in [0.1, 0.15) is 27.0 Å². The molecule has 0 aliphatic carbocycles. The van der Waals surface area contributed by atoms with Crippen LogP contribution in [0, 0.1) is 3.70 Å². The van der Waals surface area contributed by atoms with Crippen LogP contribution in [0.4, 0.5) is 21.1 Å². The van der Waals surface area contributed by atoms with Crippen LogP contribution in [0.3, 0.4) is 0 Å². The average molecular weight is 827 g/mol. The second kappa shape index (κ2) is 19.0. The summed E-state index contributed by atoms with van der Waals surface area (Å²) >= 11 is 2.19. The van der Waals surface area contributed by atoms with E-state index in [2.05, 4.69) is 58.6 Å². The first-order chi connectivity index (χ1) is 23.8. The standard InChI is InChI=1S/C24H29IN6O5.C9H18N2O4/c1-6-14-11-15(29-19-20-27-13-18(25)31(20)10-9-26-19)7-8-16(14)21(32)30-17(22(33)35-5)12-28-23(34)36-24(2,3)4;1-9(2,3)15-8(13)11-5-6(10)7(12)14-4/h7-11,13,17H,6,12H2,1-5H3,(H,26,29)(H,28,34)(H,30,32);6H,5,10H2,1-4H3,(H,11,13)/t17-;6-/m10/s1. The van der Waals surface area contributed by atoms with Gasteiger partial charge in [0, 0.05) is 30.2 Å². The van der Waals surface area contributed by atoms with E-state index in [4.69, 9.17) is 19.9 Å². The Kier molecular flexibility index (Phi) is 15.8. The number of carbonyl (C=O) groups excluding carboxylic acids is 5. The first kappa shape index (κ1) is 42.4. The number of aromatic nitrogens is 3. The quantitative estimate of drug-likeness (QED) is 0.106. The van der Waals surface area contributed by atoms with Crippen LogP contribution in [0.5, 0.6) is 0 Å². The zero-order valence-corrected chi connectivity index (χ0v) is 32.4. The third kappa shape index (κ3) is 14.2. The van der Waals surface area contributed by atoms with Gasteiger partial charge < -0.3 is 45.9 Å². The number of hydrogen-bond donors (Lipinski definition) is 5. The number of imidazole rings is 1. The van der Waals surface area contributed by atoms with E-state index in [1.165, 1.54) is 14.2 Å². The number of halogens is 1. The lowest BCUT2D eigenvalue weighted by Crippen LogP contribution is -2.49. The summed E-state index contributed by atoms with van der Waals surface area (Å²) in [4.78, 5) is 68.1. The Morgan fingerprint density at radius 2 is 1.49 bits per heavy atom. The van der Waals surface area contributed by atoms with Gasteiger partial charge in [0.15, 0.2) is 11.5 Å². The first-order valence-electron chi connectivity index (χ1n) is 15.8. The molecule has 2 heterocycles. The molecule has 3 amide bonds. The van der Waals surface area contributed by atoms with Crippen LogP contribution in [0.25, 0.3) is 5.65 Å². The molecule has 0 saturated carbocycles. The molecule has 0 aliphatic heterocycles. The fourth-order valence-corrected chi connectivity index (χ4v) is 4.64. The molecule has 2 aromatic heterocycles. The van der Waals surface area contributed by atoms with Crippen molar-refractivity contribution in [3.05, 3.63) is 51.6 Å². The molecule has 2 atom stereocenters. The van der Waals surface area contributed by atoms with Gasteiger partial charge in [-0.2, -0.15) is 0 Å². The molecule has 6 N–H and O–H groups in total. The smallest absolute Gasteiger partial charge is 0.407 e. The summed E-state index contributed by atoms with van der Waals surface area (Å²) in [5, 5.41) is 10.8. The van der Waals surface area contributed by atoms with E-state index in [1.807, 2.05) is 23.6 Å². The number of alkyl carbamates (subject to hydrolysis) is 2. The molecule has 0 bridgehead atoms. The normalized spacial score (nSPS) is 12.3. The maximum Gasteiger partial charge on any atom is 0.407 e. The van der Waals surface area contributed by atoms with E-state index in [9.17, 15) is 24.0 Å². The fourth-order valence-electron chi connectivity index (χ4n) is 4.11. The number of benzene rings is 1. The lowest BCUT2D eigenvalue weighted by molar-refractivity contribution is -0.143. The van der Waals surface area contributed by atoms with Crippen molar-refractivity contribution in [3.63, 3.8) is 0 Å². The van der Waals surface area contributed by atoms with Crippen molar-refractivity contribution in [1.82, 2.24) is 30.3 Å². The summed E-state index contributed by atoms with van der Waals surface area (Å²) in [6.07, 6.45) is 4.52. The number of anilines is 2. The number of aryl methyl sites for hydroxylation is 1. The highest BCUT2D eigenvalue weighted by Crippen LogP contribution is 2.23. The van der Waals surface area contributed by atoms with Gasteiger partial charge in [-0.1, -0.05) is 6.92 Å². The number of esters is 2. The number of nitrogens with zero attached hydrogens (tertiary/aromatic N) is 3. The predicted octanol–water partition coefficient (Wildman–Crippen LogP) is 3.45. The van der Waals surface area contributed by atoms with Crippen LogP contribution in [0.1, 0.15) is 64.4 Å². The SMILES string of the molecule is CCc1cc(Nc2nccn3c(I)cnc23)ccc1C(=O)N[C@H](CNC(=O)OC(C)(C)C)C(=O)OC.COC(=O)[C@@H](N)CNC(=O)OC(C)(C)C. The molecule has 0 fully saturated rings. The number of nitrogens with one attached hydrogen (secondary N) is 4. The van der Waals surface area contributed by atoms with E-state index in [1.54, 1.807) is 66.1 Å². The number of rotatable bonds is 11. The molecule has 3 aromatic rings. The number of carbonyl (C=O) groups is 5. The van der Waals surface area contributed by atoms with Crippen molar-refractivity contribution in [1.29, 1.82) is 0 Å². The van der Waals surface area contributed by atoms with Gasteiger partial charge in [-0.3, -0.25) is 14.0 Å². The monoisotopic (exact) mass is 826 g/mol. The summed E-state index contributed by atoms with van der Waals surface area (Å²) in [5.41, 5.74) is 6.70. The molecule has 51 heavy (non-hydrogen) atoms. The van der Waals surface area contributed by atoms with E-state index >= 15 is 0 Å². The zero-order chi connectivity index (χ0) is 38.5. The number of nitrogens with two attached hydrogens (primary N) is 1. The molecule has 280 valence electrons. The highest BCUT2D eigenvalue weighted by molar-refractivity contribution is 14.1. The molecule has 0 aliphatic rings. The van der Waals surface area contributed by atoms with Gasteiger partial charge in [-0.25, -0.2) is 24.4 Å². The maximum atomic E-state index is 13.1. The minimum absolute atomic E-state index is 0.0123. The Balaban J connectivity index is 0.000000507. The van der Waals surface area contributed by atoms with Crippen LogP contribution in [0.15, 0.2) is 36.8 Å². The van der Waals surface area contributed by atoms with Crippen molar-refractivity contribution < 1.29 is 42.9 Å². The van der Waals surface area contributed by atoms with Crippen molar-refractivity contribution in [2.24, 2.45) is 5.73 Å². The van der Waals surface area contributed by atoms with Gasteiger partial charge in [-0.15, -0.1) is 0 Å². The van der Waals surface area contributed by atoms with Crippen molar-refractivity contribution in [2.75, 3.05) is 32.6 Å². The number of methoxy groups -OCH3 is 2. The van der Waals surface area contributed by atoms with Gasteiger partial charge in [0.2, 0.25) is 0 Å². The molecule has 18 heteroatoms. The third-order valence-corrected chi connectivity index (χ3v) is 7.18. The van der Waals surface area contributed by atoms with Crippen molar-refractivity contribution in [3.8, 4) is 0 Å². The highest BCUT2D eigenvalue weighted by Gasteiger charge is 2.26. The largest absolute Gasteiger partial charge is 0.468 e. The molecule has 0 unspecified atom stereocenters. The Morgan fingerprint density at radius 3 is 2.04 bits per heavy atom. The number of hydrogen-bond acceptors (Lipinski definition) is 13. The van der Waals surface area contributed by atoms with Crippen LogP contribution in [0.2, 0.25) is 0 Å². The van der Waals surface area contributed by atoms with Crippen molar-refractivity contribution >= 4 is 69.8 Å². The van der Waals surface area contributed by atoms with E-state index < -0.39 is 53.3 Å². The Bertz CT molecular complexity index is 1680. The summed E-state index contributed by atoms with van der Waals surface area (Å²) in [6.45, 7) is 12.1. The van der Waals surface area contributed by atoms with Gasteiger partial charge in [0.25, 0.3) is 5.91 Å². The van der Waals surface area contributed by atoms with Crippen LogP contribution < -0.4 is 27.0 Å². The molecule has 17 nitrogen and oxygen atoms in total. The molecule has 3 rings (SSSR count). The zero-order valence-electron chi connectivity index (χ0n) is 30.2. The molecule has 1 aromatic carbocycles. The Morgan fingerprint density at radius 1 is 0.902 bits per heavy atom. The van der Waals surface area contributed by atoms with Gasteiger partial charge >= 0.3 is 24.1 Å². The topological polar surface area (TPSA) is 227 Å².